The van der Waals surface area contributed by atoms with Crippen molar-refractivity contribution in [2.75, 3.05) is 11.9 Å². The monoisotopic (exact) mass is 305 g/mol. The van der Waals surface area contributed by atoms with Crippen LogP contribution in [0.4, 0.5) is 18.9 Å². The van der Waals surface area contributed by atoms with Gasteiger partial charge in [-0.1, -0.05) is 11.6 Å². The SMILES string of the molecule is FC(F)(F)c1ccc(Cl)c(NCCc2ccsc2)c1. The first-order valence-electron chi connectivity index (χ1n) is 5.58. The third-order valence-electron chi connectivity index (χ3n) is 2.60. The van der Waals surface area contributed by atoms with E-state index in [4.69, 9.17) is 11.6 Å². The van der Waals surface area contributed by atoms with Crippen LogP contribution in [-0.4, -0.2) is 6.54 Å². The standard InChI is InChI=1S/C13H11ClF3NS/c14-11-2-1-10(13(15,16)17)7-12(11)18-5-3-9-4-6-19-8-9/h1-2,4,6-8,18H,3,5H2. The number of anilines is 1. The average Bonchev–Trinajstić information content (AvgIpc) is 2.83. The summed E-state index contributed by atoms with van der Waals surface area (Å²) in [6.45, 7) is 0.539. The van der Waals surface area contributed by atoms with Gasteiger partial charge in [-0.05, 0) is 47.0 Å². The predicted molar refractivity (Wildman–Crippen MR) is 73.0 cm³/mol. The minimum atomic E-state index is -4.35. The second-order valence-electron chi connectivity index (χ2n) is 4.00. The first-order valence-corrected chi connectivity index (χ1v) is 6.90. The topological polar surface area (TPSA) is 12.0 Å². The van der Waals surface area contributed by atoms with E-state index in [1.165, 1.54) is 6.07 Å². The molecule has 0 spiro atoms. The Morgan fingerprint density at radius 1 is 1.21 bits per heavy atom. The molecular weight excluding hydrogens is 295 g/mol. The number of alkyl halides is 3. The maximum atomic E-state index is 12.6. The van der Waals surface area contributed by atoms with Crippen molar-refractivity contribution in [1.29, 1.82) is 0 Å². The normalized spacial score (nSPS) is 11.6. The van der Waals surface area contributed by atoms with E-state index in [0.717, 1.165) is 24.1 Å². The average molecular weight is 306 g/mol. The fourth-order valence-corrected chi connectivity index (χ4v) is 2.50. The van der Waals surface area contributed by atoms with Crippen LogP contribution in [0.1, 0.15) is 11.1 Å². The summed E-state index contributed by atoms with van der Waals surface area (Å²) in [5, 5.41) is 7.20. The highest BCUT2D eigenvalue weighted by Crippen LogP contribution is 2.33. The number of thiophene rings is 1. The van der Waals surface area contributed by atoms with Crippen LogP contribution in [-0.2, 0) is 12.6 Å². The summed E-state index contributed by atoms with van der Waals surface area (Å²) < 4.78 is 37.7. The summed E-state index contributed by atoms with van der Waals surface area (Å²) in [5.41, 5.74) is 0.766. The Morgan fingerprint density at radius 3 is 2.63 bits per heavy atom. The van der Waals surface area contributed by atoms with E-state index in [9.17, 15) is 13.2 Å². The van der Waals surface area contributed by atoms with Gasteiger partial charge in [-0.15, -0.1) is 0 Å². The molecule has 0 fully saturated rings. The van der Waals surface area contributed by atoms with Gasteiger partial charge in [-0.3, -0.25) is 0 Å². The molecule has 6 heteroatoms. The van der Waals surface area contributed by atoms with Crippen LogP contribution in [0.25, 0.3) is 0 Å². The van der Waals surface area contributed by atoms with Crippen molar-refractivity contribution < 1.29 is 13.2 Å². The molecule has 19 heavy (non-hydrogen) atoms. The maximum Gasteiger partial charge on any atom is 0.416 e. The number of halogens is 4. The molecule has 0 amide bonds. The van der Waals surface area contributed by atoms with E-state index in [0.29, 0.717) is 17.3 Å². The molecule has 1 aromatic carbocycles. The smallest absolute Gasteiger partial charge is 0.383 e. The van der Waals surface area contributed by atoms with Crippen molar-refractivity contribution in [3.63, 3.8) is 0 Å². The lowest BCUT2D eigenvalue weighted by atomic mass is 10.2. The summed E-state index contributed by atoms with van der Waals surface area (Å²) in [7, 11) is 0. The highest BCUT2D eigenvalue weighted by Gasteiger charge is 2.30. The second kappa shape index (κ2) is 5.84. The van der Waals surface area contributed by atoms with Crippen LogP contribution < -0.4 is 5.32 Å². The molecule has 102 valence electrons. The molecule has 1 N–H and O–H groups in total. The largest absolute Gasteiger partial charge is 0.416 e. The summed E-state index contributed by atoms with van der Waals surface area (Å²) in [5.74, 6) is 0. The highest BCUT2D eigenvalue weighted by atomic mass is 35.5. The third-order valence-corrected chi connectivity index (χ3v) is 3.66. The van der Waals surface area contributed by atoms with Gasteiger partial charge in [-0.25, -0.2) is 0 Å². The molecule has 0 aliphatic carbocycles. The van der Waals surface area contributed by atoms with Crippen LogP contribution in [0.15, 0.2) is 35.0 Å². The van der Waals surface area contributed by atoms with Crippen LogP contribution in [0, 0.1) is 0 Å². The molecule has 0 bridgehead atoms. The number of nitrogens with one attached hydrogen (secondary N) is 1. The zero-order chi connectivity index (χ0) is 13.9. The Hall–Kier alpha value is -1.20. The fraction of sp³-hybridized carbons (Fsp3) is 0.231. The Bertz CT molecular complexity index is 537. The Labute approximate surface area is 118 Å². The lowest BCUT2D eigenvalue weighted by Crippen LogP contribution is -2.08. The molecular formula is C13H11ClF3NS. The Morgan fingerprint density at radius 2 is 2.00 bits per heavy atom. The van der Waals surface area contributed by atoms with Gasteiger partial charge < -0.3 is 5.32 Å². The van der Waals surface area contributed by atoms with Gasteiger partial charge in [0.25, 0.3) is 0 Å². The molecule has 0 radical (unpaired) electrons. The molecule has 0 aliphatic heterocycles. The number of hydrogen-bond donors (Lipinski definition) is 1. The van der Waals surface area contributed by atoms with E-state index in [1.54, 1.807) is 11.3 Å². The molecule has 2 aromatic rings. The van der Waals surface area contributed by atoms with Gasteiger partial charge in [0.05, 0.1) is 16.3 Å². The molecule has 1 aromatic heterocycles. The number of rotatable bonds is 4. The lowest BCUT2D eigenvalue weighted by Gasteiger charge is -2.12. The van der Waals surface area contributed by atoms with Gasteiger partial charge in [0.1, 0.15) is 0 Å². The molecule has 0 atom stereocenters. The first-order chi connectivity index (χ1) is 8.97. The van der Waals surface area contributed by atoms with Crippen molar-refractivity contribution in [3.05, 3.63) is 51.2 Å². The maximum absolute atomic E-state index is 12.6. The fourth-order valence-electron chi connectivity index (χ4n) is 1.61. The minimum absolute atomic E-state index is 0.290. The van der Waals surface area contributed by atoms with E-state index in [1.807, 2.05) is 16.8 Å². The summed E-state index contributed by atoms with van der Waals surface area (Å²) in [6, 6.07) is 5.26. The van der Waals surface area contributed by atoms with E-state index >= 15 is 0 Å². The molecule has 0 aliphatic rings. The first kappa shape index (κ1) is 14.2. The third kappa shape index (κ3) is 3.88. The predicted octanol–water partition coefficient (Wildman–Crippen LogP) is 5.07. The van der Waals surface area contributed by atoms with Gasteiger partial charge in [-0.2, -0.15) is 24.5 Å². The summed E-state index contributed by atoms with van der Waals surface area (Å²) >= 11 is 7.47. The minimum Gasteiger partial charge on any atom is -0.383 e. The van der Waals surface area contributed by atoms with Crippen LogP contribution in [0.5, 0.6) is 0 Å². The molecule has 1 heterocycles. The Kier molecular flexibility index (Phi) is 4.37. The van der Waals surface area contributed by atoms with E-state index in [2.05, 4.69) is 5.32 Å². The van der Waals surface area contributed by atoms with Crippen LogP contribution in [0.3, 0.4) is 0 Å². The summed E-state index contributed by atoms with van der Waals surface area (Å²) in [6.07, 6.45) is -3.61. The highest BCUT2D eigenvalue weighted by molar-refractivity contribution is 7.07. The van der Waals surface area contributed by atoms with Crippen molar-refractivity contribution in [2.24, 2.45) is 0 Å². The second-order valence-corrected chi connectivity index (χ2v) is 5.19. The van der Waals surface area contributed by atoms with Gasteiger partial charge in [0.15, 0.2) is 0 Å². The Balaban J connectivity index is 2.03. The van der Waals surface area contributed by atoms with Crippen LogP contribution >= 0.6 is 22.9 Å². The van der Waals surface area contributed by atoms with Crippen molar-refractivity contribution in [2.45, 2.75) is 12.6 Å². The molecule has 2 rings (SSSR count). The van der Waals surface area contributed by atoms with Crippen LogP contribution in [0.2, 0.25) is 5.02 Å². The van der Waals surface area contributed by atoms with Crippen molar-refractivity contribution in [1.82, 2.24) is 0 Å². The lowest BCUT2D eigenvalue weighted by molar-refractivity contribution is -0.137. The molecule has 0 saturated carbocycles. The molecule has 0 saturated heterocycles. The number of benzene rings is 1. The van der Waals surface area contributed by atoms with Crippen molar-refractivity contribution in [3.8, 4) is 0 Å². The molecule has 1 nitrogen and oxygen atoms in total. The van der Waals surface area contributed by atoms with Gasteiger partial charge >= 0.3 is 6.18 Å². The van der Waals surface area contributed by atoms with Gasteiger partial charge in [0.2, 0.25) is 0 Å². The molecule has 0 unspecified atom stereocenters. The van der Waals surface area contributed by atoms with Gasteiger partial charge in [0, 0.05) is 6.54 Å². The zero-order valence-electron chi connectivity index (χ0n) is 9.80. The van der Waals surface area contributed by atoms with E-state index in [-0.39, 0.29) is 0 Å². The quantitative estimate of drug-likeness (QED) is 0.831. The summed E-state index contributed by atoms with van der Waals surface area (Å²) in [4.78, 5) is 0. The zero-order valence-corrected chi connectivity index (χ0v) is 11.4. The van der Waals surface area contributed by atoms with Crippen molar-refractivity contribution >= 4 is 28.6 Å². The number of hydrogen-bond acceptors (Lipinski definition) is 2. The van der Waals surface area contributed by atoms with E-state index < -0.39 is 11.7 Å².